The van der Waals surface area contributed by atoms with Crippen molar-refractivity contribution in [2.75, 3.05) is 6.61 Å². The first-order chi connectivity index (χ1) is 20.7. The molecule has 0 saturated carbocycles. The van der Waals surface area contributed by atoms with Crippen molar-refractivity contribution >= 4 is 12.0 Å². The number of ether oxygens (including phenoxy) is 1. The highest BCUT2D eigenvalue weighted by Crippen LogP contribution is 2.16. The number of carbonyl (C=O) groups excluding carboxylic acids is 1. The predicted molar refractivity (Wildman–Crippen MR) is 183 cm³/mol. The standard InChI is InChI=1S/C39H68O3/c1-2-3-4-5-6-7-8-9-10-11-12-13-14-15-16-17-18-19-20-21-22-23-24-25-26-27-28-29-36-42-39(41)35-32-37-30-33-38(40)34-31-37/h30-35,40H,2-29,36H2,1H3/b35-32-. The summed E-state index contributed by atoms with van der Waals surface area (Å²) < 4.78 is 5.27. The van der Waals surface area contributed by atoms with Gasteiger partial charge in [-0.05, 0) is 30.2 Å². The van der Waals surface area contributed by atoms with Gasteiger partial charge in [0.1, 0.15) is 5.75 Å². The second kappa shape index (κ2) is 30.7. The van der Waals surface area contributed by atoms with Crippen LogP contribution in [0.4, 0.5) is 0 Å². The number of phenolic OH excluding ortho intramolecular Hbond substituents is 1. The number of aromatic hydroxyl groups is 1. The minimum absolute atomic E-state index is 0.223. The zero-order chi connectivity index (χ0) is 30.2. The van der Waals surface area contributed by atoms with Gasteiger partial charge < -0.3 is 9.84 Å². The van der Waals surface area contributed by atoms with E-state index in [9.17, 15) is 9.90 Å². The second-order valence-electron chi connectivity index (χ2n) is 12.6. The van der Waals surface area contributed by atoms with Gasteiger partial charge in [-0.2, -0.15) is 0 Å². The number of phenols is 1. The van der Waals surface area contributed by atoms with Crippen molar-refractivity contribution in [3.8, 4) is 5.75 Å². The molecule has 0 aliphatic carbocycles. The molecule has 1 N–H and O–H groups in total. The van der Waals surface area contributed by atoms with Gasteiger partial charge >= 0.3 is 5.97 Å². The van der Waals surface area contributed by atoms with E-state index >= 15 is 0 Å². The molecule has 42 heavy (non-hydrogen) atoms. The summed E-state index contributed by atoms with van der Waals surface area (Å²) in [6.45, 7) is 2.80. The normalized spacial score (nSPS) is 11.5. The molecule has 1 aromatic rings. The molecule has 3 nitrogen and oxygen atoms in total. The van der Waals surface area contributed by atoms with Crippen LogP contribution in [0, 0.1) is 0 Å². The molecular weight excluding hydrogens is 516 g/mol. The fourth-order valence-electron chi connectivity index (χ4n) is 5.74. The Labute approximate surface area is 261 Å². The third-order valence-electron chi connectivity index (χ3n) is 8.55. The first kappa shape index (κ1) is 38.3. The maximum atomic E-state index is 11.8. The molecule has 242 valence electrons. The van der Waals surface area contributed by atoms with Crippen LogP contribution in [0.5, 0.6) is 5.75 Å². The summed E-state index contributed by atoms with van der Waals surface area (Å²) in [7, 11) is 0. The molecule has 0 aromatic heterocycles. The molecule has 0 saturated heterocycles. The van der Waals surface area contributed by atoms with Crippen molar-refractivity contribution in [1.82, 2.24) is 0 Å². The average molecular weight is 585 g/mol. The molecule has 0 aliphatic rings. The third-order valence-corrected chi connectivity index (χ3v) is 8.55. The summed E-state index contributed by atoms with van der Waals surface area (Å²) in [6, 6.07) is 6.74. The van der Waals surface area contributed by atoms with Crippen LogP contribution in [0.15, 0.2) is 30.3 Å². The van der Waals surface area contributed by atoms with Crippen LogP contribution in [-0.2, 0) is 9.53 Å². The minimum Gasteiger partial charge on any atom is -0.508 e. The summed E-state index contributed by atoms with van der Waals surface area (Å²) >= 11 is 0. The van der Waals surface area contributed by atoms with E-state index in [2.05, 4.69) is 6.92 Å². The fourth-order valence-corrected chi connectivity index (χ4v) is 5.74. The Kier molecular flexibility index (Phi) is 27.9. The molecule has 0 spiro atoms. The Morgan fingerprint density at radius 3 is 1.17 bits per heavy atom. The molecule has 0 fully saturated rings. The third kappa shape index (κ3) is 27.1. The molecule has 1 rings (SSSR count). The zero-order valence-corrected chi connectivity index (χ0v) is 27.7. The molecule has 0 heterocycles. The number of hydrogen-bond donors (Lipinski definition) is 1. The molecule has 0 amide bonds. The van der Waals surface area contributed by atoms with Crippen molar-refractivity contribution in [3.05, 3.63) is 35.9 Å². The lowest BCUT2D eigenvalue weighted by Crippen LogP contribution is -2.02. The summed E-state index contributed by atoms with van der Waals surface area (Å²) in [4.78, 5) is 11.8. The molecule has 0 bridgehead atoms. The number of esters is 1. The maximum absolute atomic E-state index is 11.8. The van der Waals surface area contributed by atoms with E-state index < -0.39 is 0 Å². The largest absolute Gasteiger partial charge is 0.508 e. The van der Waals surface area contributed by atoms with Crippen molar-refractivity contribution in [3.63, 3.8) is 0 Å². The Balaban J connectivity index is 1.69. The van der Waals surface area contributed by atoms with Gasteiger partial charge in [0, 0.05) is 6.08 Å². The Morgan fingerprint density at radius 2 is 0.833 bits per heavy atom. The number of rotatable bonds is 31. The highest BCUT2D eigenvalue weighted by Gasteiger charge is 1.99. The Morgan fingerprint density at radius 1 is 0.524 bits per heavy atom. The van der Waals surface area contributed by atoms with Crippen LogP contribution in [0.2, 0.25) is 0 Å². The Hall–Kier alpha value is -1.77. The molecule has 3 heteroatoms. The van der Waals surface area contributed by atoms with Crippen LogP contribution in [0.1, 0.15) is 192 Å². The lowest BCUT2D eigenvalue weighted by atomic mass is 10.0. The molecule has 0 unspecified atom stereocenters. The van der Waals surface area contributed by atoms with Crippen LogP contribution >= 0.6 is 0 Å². The average Bonchev–Trinajstić information content (AvgIpc) is 3.00. The van der Waals surface area contributed by atoms with Crippen LogP contribution in [-0.4, -0.2) is 17.7 Å². The van der Waals surface area contributed by atoms with Crippen molar-refractivity contribution in [1.29, 1.82) is 0 Å². The van der Waals surface area contributed by atoms with Gasteiger partial charge in [-0.15, -0.1) is 0 Å². The lowest BCUT2D eigenvalue weighted by molar-refractivity contribution is -0.137. The van der Waals surface area contributed by atoms with E-state index in [0.29, 0.717) is 6.61 Å². The van der Waals surface area contributed by atoms with Crippen LogP contribution in [0.25, 0.3) is 6.08 Å². The first-order valence-electron chi connectivity index (χ1n) is 18.4. The first-order valence-corrected chi connectivity index (χ1v) is 18.4. The molecule has 0 aliphatic heterocycles. The predicted octanol–water partition coefficient (Wildman–Crippen LogP) is 12.9. The van der Waals surface area contributed by atoms with Gasteiger partial charge in [-0.3, -0.25) is 0 Å². The second-order valence-corrected chi connectivity index (χ2v) is 12.6. The van der Waals surface area contributed by atoms with Gasteiger partial charge in [-0.25, -0.2) is 4.79 Å². The van der Waals surface area contributed by atoms with E-state index in [0.717, 1.165) is 18.4 Å². The van der Waals surface area contributed by atoms with E-state index in [1.807, 2.05) is 0 Å². The van der Waals surface area contributed by atoms with E-state index in [1.165, 1.54) is 173 Å². The number of benzene rings is 1. The maximum Gasteiger partial charge on any atom is 0.330 e. The van der Waals surface area contributed by atoms with E-state index in [1.54, 1.807) is 30.3 Å². The highest BCUT2D eigenvalue weighted by atomic mass is 16.5. The molecular formula is C39H68O3. The highest BCUT2D eigenvalue weighted by molar-refractivity contribution is 5.87. The van der Waals surface area contributed by atoms with Crippen molar-refractivity contribution in [2.45, 2.75) is 187 Å². The zero-order valence-electron chi connectivity index (χ0n) is 27.7. The molecule has 0 radical (unpaired) electrons. The summed E-state index contributed by atoms with van der Waals surface area (Å²) in [5.74, 6) is -0.0751. The number of hydrogen-bond acceptors (Lipinski definition) is 3. The number of carbonyl (C=O) groups is 1. The van der Waals surface area contributed by atoms with Crippen molar-refractivity contribution < 1.29 is 14.6 Å². The smallest absolute Gasteiger partial charge is 0.330 e. The van der Waals surface area contributed by atoms with Crippen LogP contribution < -0.4 is 0 Å². The minimum atomic E-state index is -0.298. The Bertz CT molecular complexity index is 724. The van der Waals surface area contributed by atoms with E-state index in [-0.39, 0.29) is 11.7 Å². The van der Waals surface area contributed by atoms with Gasteiger partial charge in [-0.1, -0.05) is 192 Å². The van der Waals surface area contributed by atoms with Gasteiger partial charge in [0.2, 0.25) is 0 Å². The lowest BCUT2D eigenvalue weighted by Gasteiger charge is -2.05. The quantitative estimate of drug-likeness (QED) is 0.0536. The molecule has 1 aromatic carbocycles. The summed E-state index contributed by atoms with van der Waals surface area (Å²) in [6.07, 6.45) is 42.3. The van der Waals surface area contributed by atoms with Gasteiger partial charge in [0.25, 0.3) is 0 Å². The van der Waals surface area contributed by atoms with Crippen molar-refractivity contribution in [2.24, 2.45) is 0 Å². The number of unbranched alkanes of at least 4 members (excludes halogenated alkanes) is 27. The summed E-state index contributed by atoms with van der Waals surface area (Å²) in [5, 5.41) is 9.28. The SMILES string of the molecule is CCCCCCCCCCCCCCCCCCCCCCCCCCCCCCOC(=O)/C=C\c1ccc(O)cc1. The van der Waals surface area contributed by atoms with Gasteiger partial charge in [0.15, 0.2) is 0 Å². The van der Waals surface area contributed by atoms with E-state index in [4.69, 9.17) is 4.74 Å². The topological polar surface area (TPSA) is 46.5 Å². The molecule has 0 atom stereocenters. The summed E-state index contributed by atoms with van der Waals surface area (Å²) in [5.41, 5.74) is 0.871. The fraction of sp³-hybridized carbons (Fsp3) is 0.769. The van der Waals surface area contributed by atoms with Crippen LogP contribution in [0.3, 0.4) is 0 Å². The monoisotopic (exact) mass is 585 g/mol. The van der Waals surface area contributed by atoms with Gasteiger partial charge in [0.05, 0.1) is 6.61 Å².